The SMILES string of the molecule is c1nc(-c2noc(-c3ccc4c(c3)CCCN4)n2)cs1. The maximum absolute atomic E-state index is 5.35. The molecule has 0 spiro atoms. The summed E-state index contributed by atoms with van der Waals surface area (Å²) in [7, 11) is 0. The van der Waals surface area contributed by atoms with E-state index in [4.69, 9.17) is 4.52 Å². The molecular weight excluding hydrogens is 272 g/mol. The van der Waals surface area contributed by atoms with E-state index in [1.165, 1.54) is 22.6 Å². The molecule has 2 aromatic heterocycles. The van der Waals surface area contributed by atoms with E-state index in [1.54, 1.807) is 5.51 Å². The number of rotatable bonds is 2. The number of aromatic nitrogens is 3. The van der Waals surface area contributed by atoms with Gasteiger partial charge >= 0.3 is 0 Å². The van der Waals surface area contributed by atoms with Crippen LogP contribution in [0.25, 0.3) is 23.0 Å². The maximum Gasteiger partial charge on any atom is 0.258 e. The van der Waals surface area contributed by atoms with Gasteiger partial charge in [0.2, 0.25) is 5.82 Å². The van der Waals surface area contributed by atoms with E-state index in [1.807, 2.05) is 11.4 Å². The number of fused-ring (bicyclic) bond motifs is 1. The molecule has 1 N–H and O–H groups in total. The molecule has 0 saturated heterocycles. The highest BCUT2D eigenvalue weighted by Crippen LogP contribution is 2.28. The Kier molecular flexibility index (Phi) is 2.74. The monoisotopic (exact) mass is 284 g/mol. The Bertz CT molecular complexity index is 735. The van der Waals surface area contributed by atoms with Gasteiger partial charge in [0.05, 0.1) is 5.51 Å². The Morgan fingerprint density at radius 2 is 2.30 bits per heavy atom. The largest absolute Gasteiger partial charge is 0.385 e. The lowest BCUT2D eigenvalue weighted by atomic mass is 10.0. The zero-order valence-corrected chi connectivity index (χ0v) is 11.5. The Hall–Kier alpha value is -2.21. The summed E-state index contributed by atoms with van der Waals surface area (Å²) in [5.41, 5.74) is 5.99. The number of hydrogen-bond acceptors (Lipinski definition) is 6. The van der Waals surface area contributed by atoms with Gasteiger partial charge in [-0.05, 0) is 36.6 Å². The number of nitrogens with zero attached hydrogens (tertiary/aromatic N) is 3. The molecule has 0 unspecified atom stereocenters. The first kappa shape index (κ1) is 11.6. The van der Waals surface area contributed by atoms with Crippen LogP contribution < -0.4 is 5.32 Å². The van der Waals surface area contributed by atoms with Crippen LogP contribution in [0.3, 0.4) is 0 Å². The Balaban J connectivity index is 1.71. The van der Waals surface area contributed by atoms with Crippen molar-refractivity contribution in [3.8, 4) is 23.0 Å². The molecule has 0 aliphatic carbocycles. The minimum atomic E-state index is 0.539. The van der Waals surface area contributed by atoms with Crippen molar-refractivity contribution in [3.05, 3.63) is 34.7 Å². The first-order chi connectivity index (χ1) is 9.90. The lowest BCUT2D eigenvalue weighted by Crippen LogP contribution is -2.11. The highest BCUT2D eigenvalue weighted by Gasteiger charge is 2.15. The van der Waals surface area contributed by atoms with Crippen LogP contribution in [0.5, 0.6) is 0 Å². The molecule has 0 saturated carbocycles. The van der Waals surface area contributed by atoms with E-state index in [2.05, 4.69) is 32.6 Å². The number of nitrogens with one attached hydrogen (secondary N) is 1. The van der Waals surface area contributed by atoms with Gasteiger partial charge in [-0.1, -0.05) is 5.16 Å². The number of anilines is 1. The Labute approximate surface area is 119 Å². The molecule has 0 bridgehead atoms. The number of hydrogen-bond donors (Lipinski definition) is 1. The predicted octanol–water partition coefficient (Wildman–Crippen LogP) is 3.22. The number of aryl methyl sites for hydroxylation is 1. The lowest BCUT2D eigenvalue weighted by Gasteiger charge is -2.17. The highest BCUT2D eigenvalue weighted by molar-refractivity contribution is 7.07. The molecule has 0 amide bonds. The summed E-state index contributed by atoms with van der Waals surface area (Å²) in [6.07, 6.45) is 2.24. The van der Waals surface area contributed by atoms with Gasteiger partial charge in [0, 0.05) is 23.2 Å². The molecule has 3 aromatic rings. The summed E-state index contributed by atoms with van der Waals surface area (Å²) in [6.45, 7) is 1.04. The molecular formula is C14H12N4OS. The van der Waals surface area contributed by atoms with E-state index in [-0.39, 0.29) is 0 Å². The van der Waals surface area contributed by atoms with Gasteiger partial charge in [0.1, 0.15) is 5.69 Å². The second kappa shape index (κ2) is 4.72. The molecule has 5 nitrogen and oxygen atoms in total. The number of thiazole rings is 1. The van der Waals surface area contributed by atoms with Gasteiger partial charge < -0.3 is 9.84 Å². The van der Waals surface area contributed by atoms with E-state index in [9.17, 15) is 0 Å². The minimum Gasteiger partial charge on any atom is -0.385 e. The summed E-state index contributed by atoms with van der Waals surface area (Å²) in [6, 6.07) is 6.21. The maximum atomic E-state index is 5.35. The average Bonchev–Trinajstić information content (AvgIpc) is 3.17. The lowest BCUT2D eigenvalue weighted by molar-refractivity contribution is 0.432. The fraction of sp³-hybridized carbons (Fsp3) is 0.214. The summed E-state index contributed by atoms with van der Waals surface area (Å²) in [5.74, 6) is 1.08. The summed E-state index contributed by atoms with van der Waals surface area (Å²) in [5, 5.41) is 9.29. The van der Waals surface area contributed by atoms with Crippen molar-refractivity contribution in [1.82, 2.24) is 15.1 Å². The molecule has 100 valence electrons. The standard InChI is InChI=1S/C14H12N4OS/c1-2-9-6-10(3-4-11(9)15-5-1)14-17-13(18-19-14)12-7-20-8-16-12/h3-4,6-8,15H,1-2,5H2. The molecule has 1 aromatic carbocycles. The first-order valence-electron chi connectivity index (χ1n) is 6.49. The van der Waals surface area contributed by atoms with Gasteiger partial charge in [0.15, 0.2) is 0 Å². The van der Waals surface area contributed by atoms with Crippen LogP contribution in [-0.4, -0.2) is 21.7 Å². The third-order valence-corrected chi connectivity index (χ3v) is 3.96. The van der Waals surface area contributed by atoms with Gasteiger partial charge in [0.25, 0.3) is 5.89 Å². The van der Waals surface area contributed by atoms with Crippen LogP contribution in [0.1, 0.15) is 12.0 Å². The van der Waals surface area contributed by atoms with Crippen molar-refractivity contribution in [2.45, 2.75) is 12.8 Å². The molecule has 0 atom stereocenters. The van der Waals surface area contributed by atoms with Gasteiger partial charge in [-0.15, -0.1) is 11.3 Å². The van der Waals surface area contributed by atoms with Crippen molar-refractivity contribution < 1.29 is 4.52 Å². The van der Waals surface area contributed by atoms with Crippen molar-refractivity contribution >= 4 is 17.0 Å². The van der Waals surface area contributed by atoms with Crippen molar-refractivity contribution in [2.24, 2.45) is 0 Å². The fourth-order valence-electron chi connectivity index (χ4n) is 2.38. The van der Waals surface area contributed by atoms with Crippen LogP contribution in [0.2, 0.25) is 0 Å². The van der Waals surface area contributed by atoms with Crippen molar-refractivity contribution in [3.63, 3.8) is 0 Å². The molecule has 4 rings (SSSR count). The van der Waals surface area contributed by atoms with Crippen LogP contribution in [0, 0.1) is 0 Å². The highest BCUT2D eigenvalue weighted by atomic mass is 32.1. The van der Waals surface area contributed by atoms with Crippen LogP contribution in [-0.2, 0) is 6.42 Å². The van der Waals surface area contributed by atoms with Gasteiger partial charge in [-0.2, -0.15) is 4.98 Å². The zero-order valence-electron chi connectivity index (χ0n) is 10.7. The topological polar surface area (TPSA) is 63.8 Å². The minimum absolute atomic E-state index is 0.539. The smallest absolute Gasteiger partial charge is 0.258 e. The normalized spacial score (nSPS) is 13.8. The second-order valence-corrected chi connectivity index (χ2v) is 5.42. The summed E-state index contributed by atoms with van der Waals surface area (Å²) in [4.78, 5) is 8.61. The first-order valence-corrected chi connectivity index (χ1v) is 7.44. The van der Waals surface area contributed by atoms with E-state index in [0.29, 0.717) is 11.7 Å². The number of benzene rings is 1. The van der Waals surface area contributed by atoms with Crippen LogP contribution >= 0.6 is 11.3 Å². The summed E-state index contributed by atoms with van der Waals surface area (Å²) >= 11 is 1.52. The molecule has 1 aliphatic rings. The zero-order chi connectivity index (χ0) is 13.4. The van der Waals surface area contributed by atoms with E-state index < -0.39 is 0 Å². The van der Waals surface area contributed by atoms with Crippen LogP contribution in [0.15, 0.2) is 33.6 Å². The Morgan fingerprint density at radius 3 is 3.20 bits per heavy atom. The van der Waals surface area contributed by atoms with E-state index >= 15 is 0 Å². The van der Waals surface area contributed by atoms with Crippen molar-refractivity contribution in [1.29, 1.82) is 0 Å². The van der Waals surface area contributed by atoms with Crippen LogP contribution in [0.4, 0.5) is 5.69 Å². The van der Waals surface area contributed by atoms with Gasteiger partial charge in [-0.25, -0.2) is 4.98 Å². The third kappa shape index (κ3) is 1.98. The third-order valence-electron chi connectivity index (χ3n) is 3.38. The molecule has 6 heteroatoms. The predicted molar refractivity (Wildman–Crippen MR) is 77.7 cm³/mol. The van der Waals surface area contributed by atoms with E-state index in [0.717, 1.165) is 30.6 Å². The molecule has 1 aliphatic heterocycles. The Morgan fingerprint density at radius 1 is 1.30 bits per heavy atom. The average molecular weight is 284 g/mol. The fourth-order valence-corrected chi connectivity index (χ4v) is 2.91. The molecule has 0 fully saturated rings. The quantitative estimate of drug-likeness (QED) is 0.782. The van der Waals surface area contributed by atoms with Crippen molar-refractivity contribution in [2.75, 3.05) is 11.9 Å². The second-order valence-electron chi connectivity index (χ2n) is 4.70. The van der Waals surface area contributed by atoms with Gasteiger partial charge in [-0.3, -0.25) is 0 Å². The molecule has 20 heavy (non-hydrogen) atoms. The molecule has 3 heterocycles. The summed E-state index contributed by atoms with van der Waals surface area (Å²) < 4.78 is 5.35. The molecule has 0 radical (unpaired) electrons.